The van der Waals surface area contributed by atoms with Gasteiger partial charge in [0.1, 0.15) is 12.2 Å². The average Bonchev–Trinajstić information content (AvgIpc) is 2.93. The molecule has 0 aliphatic carbocycles. The van der Waals surface area contributed by atoms with Gasteiger partial charge in [-0.15, -0.1) is 0 Å². The quantitative estimate of drug-likeness (QED) is 0.585. The van der Waals surface area contributed by atoms with Crippen LogP contribution in [0.15, 0.2) is 65.8 Å². The highest BCUT2D eigenvalue weighted by molar-refractivity contribution is 6.30. The molecule has 6 nitrogen and oxygen atoms in total. The summed E-state index contributed by atoms with van der Waals surface area (Å²) in [6.07, 6.45) is 2.37. The van der Waals surface area contributed by atoms with E-state index in [-0.39, 0.29) is 24.8 Å². The van der Waals surface area contributed by atoms with Crippen molar-refractivity contribution in [1.82, 2.24) is 10.3 Å². The van der Waals surface area contributed by atoms with Crippen LogP contribution in [0.5, 0.6) is 0 Å². The molecule has 2 aromatic carbocycles. The first-order valence-electron chi connectivity index (χ1n) is 10.8. The van der Waals surface area contributed by atoms with Gasteiger partial charge in [-0.2, -0.15) is 0 Å². The molecule has 0 saturated carbocycles. The Morgan fingerprint density at radius 1 is 1.09 bits per heavy atom. The van der Waals surface area contributed by atoms with E-state index in [0.29, 0.717) is 35.2 Å². The molecule has 0 spiro atoms. The molecule has 0 atom stereocenters. The number of carbonyl (C=O) groups excluding carboxylic acids is 2. The molecule has 1 aliphatic heterocycles. The Morgan fingerprint density at radius 2 is 1.88 bits per heavy atom. The van der Waals surface area contributed by atoms with E-state index in [1.165, 1.54) is 10.5 Å². The third kappa shape index (κ3) is 5.46. The van der Waals surface area contributed by atoms with Crippen LogP contribution in [-0.4, -0.2) is 35.6 Å². The molecule has 0 bridgehead atoms. The first-order chi connectivity index (χ1) is 15.9. The van der Waals surface area contributed by atoms with Crippen LogP contribution in [0.25, 0.3) is 0 Å². The predicted octanol–water partition coefficient (Wildman–Crippen LogP) is 4.57. The van der Waals surface area contributed by atoms with E-state index in [1.807, 2.05) is 62.4 Å². The number of aryl methyl sites for hydroxylation is 2. The molecule has 33 heavy (non-hydrogen) atoms. The topological polar surface area (TPSA) is 74.7 Å². The number of halogens is 1. The summed E-state index contributed by atoms with van der Waals surface area (Å²) in [5.41, 5.74) is 5.53. The van der Waals surface area contributed by atoms with Gasteiger partial charge in [-0.25, -0.2) is 9.98 Å². The second kappa shape index (κ2) is 9.96. The standard InChI is InChI=1S/C26H25ClN4O2/c1-17-5-8-20(14-18(17)2)23-15-25(33)31(26-22(30-23)4-3-12-29-26)16-24(32)28-13-11-19-6-9-21(27)10-7-19/h3-10,12,14H,11,13,15-16H2,1-2H3,(H,28,32). The van der Waals surface area contributed by atoms with Crippen molar-refractivity contribution >= 4 is 40.6 Å². The number of hydrogen-bond donors (Lipinski definition) is 1. The minimum absolute atomic E-state index is 0.0942. The number of pyridine rings is 1. The normalized spacial score (nSPS) is 13.2. The SMILES string of the molecule is Cc1ccc(C2=Nc3cccnc3N(CC(=O)NCCc3ccc(Cl)cc3)C(=O)C2)cc1C. The van der Waals surface area contributed by atoms with Gasteiger partial charge in [0.15, 0.2) is 5.82 Å². The third-order valence-corrected chi connectivity index (χ3v) is 5.94. The van der Waals surface area contributed by atoms with E-state index in [4.69, 9.17) is 16.6 Å². The summed E-state index contributed by atoms with van der Waals surface area (Å²) in [5, 5.41) is 3.57. The van der Waals surface area contributed by atoms with Crippen LogP contribution in [0.2, 0.25) is 5.02 Å². The maximum atomic E-state index is 13.2. The van der Waals surface area contributed by atoms with E-state index in [9.17, 15) is 9.59 Å². The number of amides is 2. The van der Waals surface area contributed by atoms with Crippen molar-refractivity contribution in [1.29, 1.82) is 0 Å². The molecular formula is C26H25ClN4O2. The van der Waals surface area contributed by atoms with Crippen molar-refractivity contribution in [3.63, 3.8) is 0 Å². The highest BCUT2D eigenvalue weighted by Gasteiger charge is 2.27. The van der Waals surface area contributed by atoms with Gasteiger partial charge in [0, 0.05) is 17.8 Å². The van der Waals surface area contributed by atoms with E-state index >= 15 is 0 Å². The molecular weight excluding hydrogens is 436 g/mol. The number of benzene rings is 2. The maximum Gasteiger partial charge on any atom is 0.240 e. The highest BCUT2D eigenvalue weighted by Crippen LogP contribution is 2.31. The lowest BCUT2D eigenvalue weighted by Gasteiger charge is -2.20. The van der Waals surface area contributed by atoms with Crippen molar-refractivity contribution in [2.45, 2.75) is 26.7 Å². The molecule has 0 fully saturated rings. The number of rotatable bonds is 6. The third-order valence-electron chi connectivity index (χ3n) is 5.69. The summed E-state index contributed by atoms with van der Waals surface area (Å²) in [4.78, 5) is 36.4. The number of aliphatic imine (C=N–C) groups is 1. The van der Waals surface area contributed by atoms with Crippen molar-refractivity contribution in [2.75, 3.05) is 18.0 Å². The minimum Gasteiger partial charge on any atom is -0.354 e. The van der Waals surface area contributed by atoms with Crippen molar-refractivity contribution in [3.05, 3.63) is 88.1 Å². The number of hydrogen-bond acceptors (Lipinski definition) is 4. The van der Waals surface area contributed by atoms with Gasteiger partial charge in [0.25, 0.3) is 0 Å². The Bertz CT molecular complexity index is 1220. The van der Waals surface area contributed by atoms with Gasteiger partial charge in [0.2, 0.25) is 11.8 Å². The highest BCUT2D eigenvalue weighted by atomic mass is 35.5. The molecule has 1 aromatic heterocycles. The molecule has 3 aromatic rings. The van der Waals surface area contributed by atoms with Gasteiger partial charge in [-0.05, 0) is 72.9 Å². The number of aromatic nitrogens is 1. The van der Waals surface area contributed by atoms with Gasteiger partial charge < -0.3 is 5.32 Å². The molecule has 1 aliphatic rings. The molecule has 168 valence electrons. The Balaban J connectivity index is 1.48. The van der Waals surface area contributed by atoms with Crippen LogP contribution in [-0.2, 0) is 16.0 Å². The van der Waals surface area contributed by atoms with Crippen molar-refractivity contribution in [3.8, 4) is 0 Å². The average molecular weight is 461 g/mol. The second-order valence-corrected chi connectivity index (χ2v) is 8.52. The summed E-state index contributed by atoms with van der Waals surface area (Å²) in [7, 11) is 0. The molecule has 4 rings (SSSR count). The van der Waals surface area contributed by atoms with Crippen LogP contribution in [0.1, 0.15) is 28.7 Å². The molecule has 0 radical (unpaired) electrons. The summed E-state index contributed by atoms with van der Waals surface area (Å²) in [5.74, 6) is -0.0602. The fourth-order valence-electron chi connectivity index (χ4n) is 3.67. The van der Waals surface area contributed by atoms with E-state index in [2.05, 4.69) is 10.3 Å². The zero-order chi connectivity index (χ0) is 23.4. The van der Waals surface area contributed by atoms with Crippen molar-refractivity contribution < 1.29 is 9.59 Å². The lowest BCUT2D eigenvalue weighted by Crippen LogP contribution is -2.42. The lowest BCUT2D eigenvalue weighted by molar-refractivity contribution is -0.123. The smallest absolute Gasteiger partial charge is 0.240 e. The van der Waals surface area contributed by atoms with Gasteiger partial charge in [-0.1, -0.05) is 35.9 Å². The van der Waals surface area contributed by atoms with Crippen LogP contribution in [0, 0.1) is 13.8 Å². The second-order valence-electron chi connectivity index (χ2n) is 8.09. The van der Waals surface area contributed by atoms with Gasteiger partial charge in [0.05, 0.1) is 12.1 Å². The van der Waals surface area contributed by atoms with E-state index in [1.54, 1.807) is 12.3 Å². The first-order valence-corrected chi connectivity index (χ1v) is 11.2. The van der Waals surface area contributed by atoms with Crippen LogP contribution >= 0.6 is 11.6 Å². The number of nitrogens with one attached hydrogen (secondary N) is 1. The van der Waals surface area contributed by atoms with E-state index < -0.39 is 0 Å². The summed E-state index contributed by atoms with van der Waals surface area (Å²) < 4.78 is 0. The van der Waals surface area contributed by atoms with Gasteiger partial charge in [-0.3, -0.25) is 14.5 Å². The minimum atomic E-state index is -0.247. The zero-order valence-electron chi connectivity index (χ0n) is 18.6. The van der Waals surface area contributed by atoms with Crippen molar-refractivity contribution in [2.24, 2.45) is 4.99 Å². The van der Waals surface area contributed by atoms with Crippen LogP contribution < -0.4 is 10.2 Å². The van der Waals surface area contributed by atoms with Gasteiger partial charge >= 0.3 is 0 Å². The lowest BCUT2D eigenvalue weighted by atomic mass is 10.0. The molecule has 2 heterocycles. The zero-order valence-corrected chi connectivity index (χ0v) is 19.4. The van der Waals surface area contributed by atoms with E-state index in [0.717, 1.165) is 16.7 Å². The first kappa shape index (κ1) is 22.7. The number of anilines is 1. The Kier molecular flexibility index (Phi) is 6.84. The number of carbonyl (C=O) groups is 2. The summed E-state index contributed by atoms with van der Waals surface area (Å²) in [6.45, 7) is 4.43. The largest absolute Gasteiger partial charge is 0.354 e. The fraction of sp³-hybridized carbons (Fsp3) is 0.231. The molecule has 1 N–H and O–H groups in total. The summed E-state index contributed by atoms with van der Waals surface area (Å²) in [6, 6.07) is 17.1. The molecule has 7 heteroatoms. The summed E-state index contributed by atoms with van der Waals surface area (Å²) >= 11 is 5.91. The Hall–Kier alpha value is -3.51. The maximum absolute atomic E-state index is 13.2. The monoisotopic (exact) mass is 460 g/mol. The molecule has 2 amide bonds. The number of nitrogens with zero attached hydrogens (tertiary/aromatic N) is 3. The number of fused-ring (bicyclic) bond motifs is 1. The molecule has 0 saturated heterocycles. The fourth-order valence-corrected chi connectivity index (χ4v) is 3.80. The Morgan fingerprint density at radius 3 is 2.64 bits per heavy atom. The Labute approximate surface area is 198 Å². The molecule has 0 unspecified atom stereocenters. The van der Waals surface area contributed by atoms with Crippen LogP contribution in [0.3, 0.4) is 0 Å². The predicted molar refractivity (Wildman–Crippen MR) is 131 cm³/mol. The van der Waals surface area contributed by atoms with Crippen LogP contribution in [0.4, 0.5) is 11.5 Å².